The number of carbonyl (C=O) groups excluding carboxylic acids is 1. The fraction of sp³-hybridized carbons (Fsp3) is 0.273. The van der Waals surface area contributed by atoms with Gasteiger partial charge in [0.1, 0.15) is 5.69 Å². The number of fused-ring (bicyclic) bond motifs is 3. The molecule has 0 aliphatic heterocycles. The molecule has 0 saturated carbocycles. The second-order valence-corrected chi connectivity index (χ2v) is 6.85. The Morgan fingerprint density at radius 2 is 1.93 bits per heavy atom. The molecule has 0 atom stereocenters. The van der Waals surface area contributed by atoms with Gasteiger partial charge >= 0.3 is 0 Å². The summed E-state index contributed by atoms with van der Waals surface area (Å²) in [4.78, 5) is 17.0. The number of para-hydroxylation sites is 1. The van der Waals surface area contributed by atoms with Gasteiger partial charge in [0.2, 0.25) is 0 Å². The van der Waals surface area contributed by atoms with E-state index in [2.05, 4.69) is 31.6 Å². The number of aromatic nitrogens is 3. The van der Waals surface area contributed by atoms with Crippen molar-refractivity contribution in [3.8, 4) is 0 Å². The summed E-state index contributed by atoms with van der Waals surface area (Å²) in [5.41, 5.74) is 5.11. The first-order valence-corrected chi connectivity index (χ1v) is 9.43. The van der Waals surface area contributed by atoms with Crippen LogP contribution in [-0.2, 0) is 24.8 Å². The van der Waals surface area contributed by atoms with Crippen molar-refractivity contribution >= 4 is 27.8 Å². The molecule has 6 heteroatoms. The third-order valence-corrected chi connectivity index (χ3v) is 5.16. The molecule has 28 heavy (non-hydrogen) atoms. The molecule has 1 amide bonds. The van der Waals surface area contributed by atoms with E-state index in [0.717, 1.165) is 33.9 Å². The average Bonchev–Trinajstić information content (AvgIpc) is 3.23. The van der Waals surface area contributed by atoms with Gasteiger partial charge in [-0.2, -0.15) is 0 Å². The number of pyridine rings is 1. The maximum absolute atomic E-state index is 12.9. The van der Waals surface area contributed by atoms with Gasteiger partial charge in [-0.15, -0.1) is 0 Å². The van der Waals surface area contributed by atoms with Crippen molar-refractivity contribution in [2.75, 3.05) is 20.3 Å². The van der Waals surface area contributed by atoms with E-state index in [4.69, 9.17) is 4.74 Å². The summed E-state index contributed by atoms with van der Waals surface area (Å²) in [6, 6.07) is 14.2. The Kier molecular flexibility index (Phi) is 5.12. The molecule has 4 rings (SSSR count). The van der Waals surface area contributed by atoms with Gasteiger partial charge < -0.3 is 19.2 Å². The average molecular weight is 376 g/mol. The highest BCUT2D eigenvalue weighted by molar-refractivity contribution is 6.10. The summed E-state index contributed by atoms with van der Waals surface area (Å²) in [7, 11) is 3.72. The van der Waals surface area contributed by atoms with Gasteiger partial charge in [-0.1, -0.05) is 18.2 Å². The smallest absolute Gasteiger partial charge is 0.268 e. The SMILES string of the molecule is COCCn1c(C(=O)NCCc2ccncc2)cc2c1c1ccccc1n2C. The van der Waals surface area contributed by atoms with E-state index in [0.29, 0.717) is 25.4 Å². The molecule has 0 unspecified atom stereocenters. The van der Waals surface area contributed by atoms with Crippen molar-refractivity contribution in [3.63, 3.8) is 0 Å². The van der Waals surface area contributed by atoms with Gasteiger partial charge in [0.25, 0.3) is 5.91 Å². The molecular weight excluding hydrogens is 352 g/mol. The van der Waals surface area contributed by atoms with Crippen molar-refractivity contribution in [3.05, 3.63) is 66.1 Å². The molecule has 0 aliphatic carbocycles. The first kappa shape index (κ1) is 18.3. The summed E-state index contributed by atoms with van der Waals surface area (Å²) in [6.07, 6.45) is 4.31. The largest absolute Gasteiger partial charge is 0.383 e. The highest BCUT2D eigenvalue weighted by Crippen LogP contribution is 2.31. The number of amides is 1. The summed E-state index contributed by atoms with van der Waals surface area (Å²) >= 11 is 0. The zero-order valence-corrected chi connectivity index (χ0v) is 16.2. The van der Waals surface area contributed by atoms with Crippen LogP contribution in [0.5, 0.6) is 0 Å². The number of aryl methyl sites for hydroxylation is 1. The van der Waals surface area contributed by atoms with Gasteiger partial charge in [-0.3, -0.25) is 9.78 Å². The van der Waals surface area contributed by atoms with Crippen LogP contribution in [0.15, 0.2) is 54.9 Å². The van der Waals surface area contributed by atoms with Crippen LogP contribution in [0.2, 0.25) is 0 Å². The fourth-order valence-corrected chi connectivity index (χ4v) is 3.73. The van der Waals surface area contributed by atoms with Crippen molar-refractivity contribution in [1.82, 2.24) is 19.4 Å². The lowest BCUT2D eigenvalue weighted by Gasteiger charge is -2.11. The lowest BCUT2D eigenvalue weighted by molar-refractivity contribution is 0.0942. The Bertz CT molecular complexity index is 1110. The Labute approximate surface area is 163 Å². The van der Waals surface area contributed by atoms with Crippen molar-refractivity contribution < 1.29 is 9.53 Å². The molecule has 3 heterocycles. The first-order valence-electron chi connectivity index (χ1n) is 9.43. The minimum absolute atomic E-state index is 0.0644. The van der Waals surface area contributed by atoms with E-state index >= 15 is 0 Å². The predicted molar refractivity (Wildman–Crippen MR) is 111 cm³/mol. The van der Waals surface area contributed by atoms with Crippen LogP contribution in [0.25, 0.3) is 21.9 Å². The molecule has 0 saturated heterocycles. The number of rotatable bonds is 7. The topological polar surface area (TPSA) is 61.1 Å². The second kappa shape index (κ2) is 7.86. The second-order valence-electron chi connectivity index (χ2n) is 6.85. The molecule has 1 aromatic carbocycles. The van der Waals surface area contributed by atoms with Gasteiger partial charge in [-0.05, 0) is 36.2 Å². The highest BCUT2D eigenvalue weighted by atomic mass is 16.5. The minimum Gasteiger partial charge on any atom is -0.383 e. The van der Waals surface area contributed by atoms with E-state index < -0.39 is 0 Å². The monoisotopic (exact) mass is 376 g/mol. The highest BCUT2D eigenvalue weighted by Gasteiger charge is 2.20. The number of benzene rings is 1. The molecule has 6 nitrogen and oxygen atoms in total. The molecule has 3 aromatic heterocycles. The van der Waals surface area contributed by atoms with Crippen molar-refractivity contribution in [1.29, 1.82) is 0 Å². The van der Waals surface area contributed by atoms with E-state index in [1.165, 1.54) is 0 Å². The quantitative estimate of drug-likeness (QED) is 0.539. The molecule has 0 aliphatic rings. The third-order valence-electron chi connectivity index (χ3n) is 5.16. The number of carbonyl (C=O) groups is 1. The summed E-state index contributed by atoms with van der Waals surface area (Å²) < 4.78 is 9.50. The first-order chi connectivity index (χ1) is 13.7. The van der Waals surface area contributed by atoms with Crippen LogP contribution < -0.4 is 5.32 Å². The standard InChI is InChI=1S/C22H24N4O2/c1-25-18-6-4-3-5-17(18)21-19(25)15-20(26(21)13-14-28-2)22(27)24-12-9-16-7-10-23-11-8-16/h3-8,10-11,15H,9,12-14H2,1-2H3,(H,24,27). The summed E-state index contributed by atoms with van der Waals surface area (Å²) in [5, 5.41) is 4.20. The van der Waals surface area contributed by atoms with Crippen LogP contribution in [0, 0.1) is 0 Å². The van der Waals surface area contributed by atoms with Crippen LogP contribution >= 0.6 is 0 Å². The van der Waals surface area contributed by atoms with E-state index in [1.807, 2.05) is 37.4 Å². The number of nitrogens with one attached hydrogen (secondary N) is 1. The maximum atomic E-state index is 12.9. The maximum Gasteiger partial charge on any atom is 0.268 e. The Morgan fingerprint density at radius 3 is 2.71 bits per heavy atom. The Balaban J connectivity index is 1.65. The van der Waals surface area contributed by atoms with E-state index in [1.54, 1.807) is 19.5 Å². The number of hydrogen-bond acceptors (Lipinski definition) is 3. The van der Waals surface area contributed by atoms with Crippen LogP contribution in [0.1, 0.15) is 16.1 Å². The molecule has 4 aromatic rings. The van der Waals surface area contributed by atoms with E-state index in [9.17, 15) is 4.79 Å². The molecule has 0 bridgehead atoms. The van der Waals surface area contributed by atoms with Crippen molar-refractivity contribution in [2.24, 2.45) is 7.05 Å². The number of hydrogen-bond donors (Lipinski definition) is 1. The molecular formula is C22H24N4O2. The number of methoxy groups -OCH3 is 1. The van der Waals surface area contributed by atoms with Crippen LogP contribution in [-0.4, -0.2) is 40.3 Å². The lowest BCUT2D eigenvalue weighted by atomic mass is 10.2. The molecule has 0 fully saturated rings. The minimum atomic E-state index is -0.0644. The Hall–Kier alpha value is -3.12. The zero-order valence-electron chi connectivity index (χ0n) is 16.2. The molecule has 0 spiro atoms. The number of nitrogens with zero attached hydrogens (tertiary/aromatic N) is 3. The molecule has 1 N–H and O–H groups in total. The van der Waals surface area contributed by atoms with Crippen LogP contribution in [0.4, 0.5) is 0 Å². The molecule has 0 radical (unpaired) electrons. The normalized spacial score (nSPS) is 11.4. The van der Waals surface area contributed by atoms with Crippen LogP contribution in [0.3, 0.4) is 0 Å². The fourth-order valence-electron chi connectivity index (χ4n) is 3.73. The van der Waals surface area contributed by atoms with Gasteiger partial charge in [0.15, 0.2) is 0 Å². The van der Waals surface area contributed by atoms with Gasteiger partial charge in [0.05, 0.1) is 23.2 Å². The van der Waals surface area contributed by atoms with E-state index in [-0.39, 0.29) is 5.91 Å². The zero-order chi connectivity index (χ0) is 19.5. The third kappa shape index (κ3) is 3.27. The molecule has 144 valence electrons. The summed E-state index contributed by atoms with van der Waals surface area (Å²) in [5.74, 6) is -0.0644. The predicted octanol–water partition coefficient (Wildman–Crippen LogP) is 3.15. The number of ether oxygens (including phenoxy) is 1. The Morgan fingerprint density at radius 1 is 1.14 bits per heavy atom. The summed E-state index contributed by atoms with van der Waals surface area (Å²) in [6.45, 7) is 1.75. The van der Waals surface area contributed by atoms with Crippen molar-refractivity contribution in [2.45, 2.75) is 13.0 Å². The van der Waals surface area contributed by atoms with Gasteiger partial charge in [-0.25, -0.2) is 0 Å². The lowest BCUT2D eigenvalue weighted by Crippen LogP contribution is -2.28. The van der Waals surface area contributed by atoms with Gasteiger partial charge in [0, 0.05) is 45.0 Å².